The van der Waals surface area contributed by atoms with Gasteiger partial charge in [-0.25, -0.2) is 0 Å². The fraction of sp³-hybridized carbons (Fsp3) is 0.500. The molecule has 0 heterocycles. The highest BCUT2D eigenvalue weighted by Crippen LogP contribution is 2.43. The Morgan fingerprint density at radius 3 is 2.50 bits per heavy atom. The van der Waals surface area contributed by atoms with Crippen molar-refractivity contribution >= 4 is 15.9 Å². The molecule has 0 saturated heterocycles. The van der Waals surface area contributed by atoms with Crippen LogP contribution in [0.1, 0.15) is 38.2 Å². The zero-order chi connectivity index (χ0) is 11.6. The average molecular weight is 278 g/mol. The molecule has 1 fully saturated rings. The van der Waals surface area contributed by atoms with Gasteiger partial charge in [0.25, 0.3) is 0 Å². The lowest BCUT2D eigenvalue weighted by atomic mass is 9.68. The third-order valence-corrected chi connectivity index (χ3v) is 4.42. The molecule has 0 amide bonds. The molecule has 1 nitrogen and oxygen atoms in total. The largest absolute Gasteiger partial charge is 0.197 e. The van der Waals surface area contributed by atoms with E-state index >= 15 is 0 Å². The summed E-state index contributed by atoms with van der Waals surface area (Å²) < 4.78 is 1.08. The zero-order valence-electron chi connectivity index (χ0n) is 9.54. The number of benzene rings is 1. The maximum absolute atomic E-state index is 9.53. The summed E-state index contributed by atoms with van der Waals surface area (Å²) in [5.74, 6) is 0.768. The van der Waals surface area contributed by atoms with Crippen LogP contribution in [0, 0.1) is 17.2 Å². The summed E-state index contributed by atoms with van der Waals surface area (Å²) in [7, 11) is 0. The fourth-order valence-electron chi connectivity index (χ4n) is 2.55. The average Bonchev–Trinajstić information content (AvgIpc) is 2.32. The molecule has 0 atom stereocenters. The Bertz CT molecular complexity index is 411. The van der Waals surface area contributed by atoms with Gasteiger partial charge >= 0.3 is 0 Å². The molecule has 0 radical (unpaired) electrons. The van der Waals surface area contributed by atoms with Gasteiger partial charge in [0.15, 0.2) is 0 Å². The molecule has 1 aromatic rings. The van der Waals surface area contributed by atoms with E-state index in [-0.39, 0.29) is 5.41 Å². The monoisotopic (exact) mass is 277 g/mol. The first-order valence-electron chi connectivity index (χ1n) is 5.84. The minimum absolute atomic E-state index is 0.257. The molecule has 2 heteroatoms. The van der Waals surface area contributed by atoms with Gasteiger partial charge in [-0.2, -0.15) is 5.26 Å². The third-order valence-electron chi connectivity index (χ3n) is 3.73. The highest BCUT2D eigenvalue weighted by Gasteiger charge is 2.37. The summed E-state index contributed by atoms with van der Waals surface area (Å²) in [4.78, 5) is 0. The molecule has 16 heavy (non-hydrogen) atoms. The Hall–Kier alpha value is -0.810. The summed E-state index contributed by atoms with van der Waals surface area (Å²) in [5.41, 5.74) is 0.913. The lowest BCUT2D eigenvalue weighted by Gasteiger charge is -2.34. The molecule has 0 bridgehead atoms. The molecule has 1 aliphatic carbocycles. The molecule has 2 rings (SSSR count). The number of halogens is 1. The Kier molecular flexibility index (Phi) is 3.35. The van der Waals surface area contributed by atoms with Crippen LogP contribution < -0.4 is 0 Å². The van der Waals surface area contributed by atoms with E-state index in [1.165, 1.54) is 5.56 Å². The molecule has 0 N–H and O–H groups in total. The highest BCUT2D eigenvalue weighted by molar-refractivity contribution is 9.10. The summed E-state index contributed by atoms with van der Waals surface area (Å²) in [6, 6.07) is 10.7. The van der Waals surface area contributed by atoms with Gasteiger partial charge < -0.3 is 0 Å². The molecule has 0 aromatic heterocycles. The van der Waals surface area contributed by atoms with Gasteiger partial charge in [-0.15, -0.1) is 0 Å². The first-order valence-corrected chi connectivity index (χ1v) is 6.63. The standard InChI is InChI=1S/C14H16BrN/c1-11-6-8-14(10-16,9-7-11)12-4-2-3-5-13(12)15/h2-5,11H,6-9H2,1H3. The van der Waals surface area contributed by atoms with Crippen molar-refractivity contribution in [2.45, 2.75) is 38.0 Å². The third kappa shape index (κ3) is 2.01. The molecule has 84 valence electrons. The summed E-state index contributed by atoms with van der Waals surface area (Å²) >= 11 is 3.57. The molecule has 1 saturated carbocycles. The van der Waals surface area contributed by atoms with E-state index in [0.29, 0.717) is 0 Å². The van der Waals surface area contributed by atoms with E-state index in [2.05, 4.69) is 35.0 Å². The Morgan fingerprint density at radius 1 is 1.31 bits per heavy atom. The minimum atomic E-state index is -0.257. The second-order valence-corrected chi connectivity index (χ2v) is 5.71. The molecule has 0 unspecified atom stereocenters. The van der Waals surface area contributed by atoms with Crippen LogP contribution in [0.2, 0.25) is 0 Å². The van der Waals surface area contributed by atoms with Crippen LogP contribution >= 0.6 is 15.9 Å². The lowest BCUT2D eigenvalue weighted by molar-refractivity contribution is 0.294. The SMILES string of the molecule is CC1CCC(C#N)(c2ccccc2Br)CC1. The van der Waals surface area contributed by atoms with Crippen molar-refractivity contribution in [1.29, 1.82) is 5.26 Å². The lowest BCUT2D eigenvalue weighted by Crippen LogP contribution is -2.30. The summed E-state index contributed by atoms with van der Waals surface area (Å²) in [6.45, 7) is 2.28. The summed E-state index contributed by atoms with van der Waals surface area (Å²) in [6.07, 6.45) is 4.31. The molecule has 1 aliphatic rings. The maximum Gasteiger partial charge on any atom is 0.0833 e. The Morgan fingerprint density at radius 2 is 1.94 bits per heavy atom. The van der Waals surface area contributed by atoms with Crippen LogP contribution in [0.3, 0.4) is 0 Å². The van der Waals surface area contributed by atoms with Crippen molar-refractivity contribution in [3.05, 3.63) is 34.3 Å². The quantitative estimate of drug-likeness (QED) is 0.746. The first kappa shape index (κ1) is 11.7. The van der Waals surface area contributed by atoms with Crippen molar-refractivity contribution in [1.82, 2.24) is 0 Å². The highest BCUT2D eigenvalue weighted by atomic mass is 79.9. The van der Waals surface area contributed by atoms with Crippen LogP contribution in [-0.4, -0.2) is 0 Å². The number of nitrogens with zero attached hydrogens (tertiary/aromatic N) is 1. The van der Waals surface area contributed by atoms with E-state index in [1.54, 1.807) is 0 Å². The van der Waals surface area contributed by atoms with Gasteiger partial charge in [0.2, 0.25) is 0 Å². The van der Waals surface area contributed by atoms with Crippen LogP contribution in [0.15, 0.2) is 28.7 Å². The van der Waals surface area contributed by atoms with E-state index in [1.807, 2.05) is 18.2 Å². The second kappa shape index (κ2) is 4.59. The predicted octanol–water partition coefficient (Wildman–Crippen LogP) is 4.42. The number of nitriles is 1. The summed E-state index contributed by atoms with van der Waals surface area (Å²) in [5, 5.41) is 9.53. The van der Waals surface area contributed by atoms with Crippen molar-refractivity contribution < 1.29 is 0 Å². The molecular weight excluding hydrogens is 262 g/mol. The Labute approximate surface area is 106 Å². The predicted molar refractivity (Wildman–Crippen MR) is 69.1 cm³/mol. The first-order chi connectivity index (χ1) is 7.68. The van der Waals surface area contributed by atoms with Gasteiger partial charge in [-0.3, -0.25) is 0 Å². The van der Waals surface area contributed by atoms with Gasteiger partial charge in [0, 0.05) is 4.47 Å². The molecule has 0 aliphatic heterocycles. The zero-order valence-corrected chi connectivity index (χ0v) is 11.1. The second-order valence-electron chi connectivity index (χ2n) is 4.86. The van der Waals surface area contributed by atoms with E-state index in [4.69, 9.17) is 0 Å². The van der Waals surface area contributed by atoms with Crippen molar-refractivity contribution in [2.75, 3.05) is 0 Å². The fourth-order valence-corrected chi connectivity index (χ4v) is 3.21. The van der Waals surface area contributed by atoms with Gasteiger partial charge in [0.05, 0.1) is 11.5 Å². The number of hydrogen-bond acceptors (Lipinski definition) is 1. The normalized spacial score (nSPS) is 29.7. The molecule has 0 spiro atoms. The number of hydrogen-bond donors (Lipinski definition) is 0. The minimum Gasteiger partial charge on any atom is -0.197 e. The maximum atomic E-state index is 9.53. The smallest absolute Gasteiger partial charge is 0.0833 e. The number of rotatable bonds is 1. The van der Waals surface area contributed by atoms with Crippen LogP contribution in [0.5, 0.6) is 0 Å². The topological polar surface area (TPSA) is 23.8 Å². The molecular formula is C14H16BrN. The van der Waals surface area contributed by atoms with E-state index in [9.17, 15) is 5.26 Å². The van der Waals surface area contributed by atoms with Crippen molar-refractivity contribution in [3.63, 3.8) is 0 Å². The van der Waals surface area contributed by atoms with Crippen molar-refractivity contribution in [2.24, 2.45) is 5.92 Å². The Balaban J connectivity index is 2.37. The van der Waals surface area contributed by atoms with Gasteiger partial charge in [0.1, 0.15) is 0 Å². The van der Waals surface area contributed by atoms with Crippen molar-refractivity contribution in [3.8, 4) is 6.07 Å². The van der Waals surface area contributed by atoms with Crippen LogP contribution in [0.25, 0.3) is 0 Å². The van der Waals surface area contributed by atoms with Crippen LogP contribution in [0.4, 0.5) is 0 Å². The van der Waals surface area contributed by atoms with Gasteiger partial charge in [-0.1, -0.05) is 41.1 Å². The van der Waals surface area contributed by atoms with E-state index < -0.39 is 0 Å². The van der Waals surface area contributed by atoms with Crippen LogP contribution in [-0.2, 0) is 5.41 Å². The molecule has 1 aromatic carbocycles. The van der Waals surface area contributed by atoms with Gasteiger partial charge in [-0.05, 0) is 43.2 Å². The van der Waals surface area contributed by atoms with E-state index in [0.717, 1.165) is 36.1 Å².